The molecule has 188 valence electrons. The molecule has 0 radical (unpaired) electrons. The Morgan fingerprint density at radius 2 is 1.36 bits per heavy atom. The van der Waals surface area contributed by atoms with Gasteiger partial charge in [-0.25, -0.2) is 9.99 Å². The molecule has 0 aliphatic carbocycles. The molecule has 1 aliphatic heterocycles. The van der Waals surface area contributed by atoms with E-state index in [2.05, 4.69) is 115 Å². The lowest BCUT2D eigenvalue weighted by Crippen LogP contribution is -2.30. The van der Waals surface area contributed by atoms with E-state index >= 15 is 0 Å². The van der Waals surface area contributed by atoms with Gasteiger partial charge in [0.25, 0.3) is 0 Å². The van der Waals surface area contributed by atoms with Crippen LogP contribution in [0.5, 0.6) is 0 Å². The van der Waals surface area contributed by atoms with Crippen LogP contribution in [0.25, 0.3) is 6.08 Å². The van der Waals surface area contributed by atoms with E-state index in [4.69, 9.17) is 5.10 Å². The second kappa shape index (κ2) is 11.9. The fourth-order valence-corrected chi connectivity index (χ4v) is 4.94. The number of hydrogen-bond acceptors (Lipinski definition) is 5. The van der Waals surface area contributed by atoms with E-state index < -0.39 is 0 Å². The van der Waals surface area contributed by atoms with Crippen LogP contribution in [-0.2, 0) is 0 Å². The van der Waals surface area contributed by atoms with Crippen LogP contribution in [0.4, 0.5) is 17.2 Å². The number of benzene rings is 2. The van der Waals surface area contributed by atoms with E-state index in [9.17, 15) is 0 Å². The minimum Gasteiger partial charge on any atom is -0.372 e. The number of aromatic nitrogens is 1. The average Bonchev–Trinajstić information content (AvgIpc) is 3.26. The Balaban J connectivity index is 1.60. The molecule has 0 bridgehead atoms. The predicted molar refractivity (Wildman–Crippen MR) is 155 cm³/mol. The van der Waals surface area contributed by atoms with Crippen molar-refractivity contribution in [1.82, 2.24) is 4.98 Å². The highest BCUT2D eigenvalue weighted by atomic mass is 15.5. The lowest BCUT2D eigenvalue weighted by molar-refractivity contribution is 0.653. The van der Waals surface area contributed by atoms with Gasteiger partial charge in [0, 0.05) is 49.7 Å². The molecule has 2 aromatic carbocycles. The van der Waals surface area contributed by atoms with Gasteiger partial charge in [0.15, 0.2) is 0 Å². The predicted octanol–water partition coefficient (Wildman–Crippen LogP) is 6.72. The van der Waals surface area contributed by atoms with Crippen molar-refractivity contribution in [1.29, 1.82) is 0 Å². The largest absolute Gasteiger partial charge is 0.372 e. The van der Waals surface area contributed by atoms with Crippen molar-refractivity contribution >= 4 is 29.0 Å². The summed E-state index contributed by atoms with van der Waals surface area (Å²) in [6.07, 6.45) is 6.32. The lowest BCUT2D eigenvalue weighted by Gasteiger charge is -2.23. The van der Waals surface area contributed by atoms with Crippen molar-refractivity contribution in [3.05, 3.63) is 90.1 Å². The third kappa shape index (κ3) is 5.46. The molecule has 1 aliphatic rings. The van der Waals surface area contributed by atoms with Crippen LogP contribution in [0.3, 0.4) is 0 Å². The number of hydrazone groups is 1. The first kappa shape index (κ1) is 25.5. The molecule has 0 amide bonds. The molecule has 5 nitrogen and oxygen atoms in total. The topological polar surface area (TPSA) is 35.0 Å². The van der Waals surface area contributed by atoms with E-state index in [0.717, 1.165) is 37.7 Å². The molecule has 36 heavy (non-hydrogen) atoms. The highest BCUT2D eigenvalue weighted by Gasteiger charge is 2.34. The van der Waals surface area contributed by atoms with Crippen LogP contribution in [0.1, 0.15) is 45.7 Å². The molecule has 2 unspecified atom stereocenters. The second-order valence-electron chi connectivity index (χ2n) is 9.14. The van der Waals surface area contributed by atoms with E-state index in [1.165, 1.54) is 22.5 Å². The highest BCUT2D eigenvalue weighted by Crippen LogP contribution is 2.31. The number of pyridine rings is 1. The van der Waals surface area contributed by atoms with Gasteiger partial charge in [-0.3, -0.25) is 0 Å². The molecular weight excluding hydrogens is 442 g/mol. The summed E-state index contributed by atoms with van der Waals surface area (Å²) in [7, 11) is 0. The zero-order valence-corrected chi connectivity index (χ0v) is 22.3. The fraction of sp³-hybridized carbons (Fsp3) is 0.355. The molecule has 4 rings (SSSR count). The lowest BCUT2D eigenvalue weighted by atomic mass is 9.92. The van der Waals surface area contributed by atoms with Crippen molar-refractivity contribution < 1.29 is 0 Å². The van der Waals surface area contributed by atoms with Crippen LogP contribution >= 0.6 is 0 Å². The summed E-state index contributed by atoms with van der Waals surface area (Å²) >= 11 is 0. The third-order valence-corrected chi connectivity index (χ3v) is 7.12. The molecule has 2 atom stereocenters. The second-order valence-corrected chi connectivity index (χ2v) is 9.14. The van der Waals surface area contributed by atoms with Crippen LogP contribution in [0.15, 0.2) is 84.1 Å². The maximum absolute atomic E-state index is 5.09. The molecule has 0 fully saturated rings. The Morgan fingerprint density at radius 3 is 1.89 bits per heavy atom. The van der Waals surface area contributed by atoms with Gasteiger partial charge in [0.1, 0.15) is 5.82 Å². The van der Waals surface area contributed by atoms with Crippen LogP contribution in [0, 0.1) is 5.92 Å². The molecule has 3 aromatic rings. The zero-order valence-electron chi connectivity index (χ0n) is 22.3. The van der Waals surface area contributed by atoms with E-state index in [-0.39, 0.29) is 12.0 Å². The maximum Gasteiger partial charge on any atom is 0.149 e. The molecule has 0 saturated carbocycles. The van der Waals surface area contributed by atoms with Gasteiger partial charge < -0.3 is 9.80 Å². The minimum absolute atomic E-state index is 0.0832. The Bertz CT molecular complexity index is 1140. The van der Waals surface area contributed by atoms with Crippen LogP contribution < -0.4 is 14.8 Å². The average molecular weight is 482 g/mol. The van der Waals surface area contributed by atoms with Gasteiger partial charge in [-0.2, -0.15) is 5.10 Å². The monoisotopic (exact) mass is 481 g/mol. The van der Waals surface area contributed by atoms with Crippen molar-refractivity contribution in [2.45, 2.75) is 40.7 Å². The van der Waals surface area contributed by atoms with Gasteiger partial charge in [-0.15, -0.1) is 0 Å². The smallest absolute Gasteiger partial charge is 0.149 e. The van der Waals surface area contributed by atoms with Gasteiger partial charge in [0.05, 0.1) is 11.8 Å². The van der Waals surface area contributed by atoms with Crippen molar-refractivity contribution in [3.63, 3.8) is 0 Å². The van der Waals surface area contributed by atoms with Gasteiger partial charge in [-0.05, 0) is 75.2 Å². The van der Waals surface area contributed by atoms with Crippen molar-refractivity contribution in [2.24, 2.45) is 11.0 Å². The van der Waals surface area contributed by atoms with Crippen LogP contribution in [0.2, 0.25) is 0 Å². The summed E-state index contributed by atoms with van der Waals surface area (Å²) in [5.41, 5.74) is 5.97. The van der Waals surface area contributed by atoms with Gasteiger partial charge >= 0.3 is 0 Å². The first-order chi connectivity index (χ1) is 17.6. The molecular formula is C31H39N5. The summed E-state index contributed by atoms with van der Waals surface area (Å²) in [6.45, 7) is 15.1. The molecule has 5 heteroatoms. The normalized spacial score (nSPS) is 17.5. The number of rotatable bonds is 10. The first-order valence-electron chi connectivity index (χ1n) is 13.3. The van der Waals surface area contributed by atoms with E-state index in [1.54, 1.807) is 0 Å². The first-order valence-corrected chi connectivity index (χ1v) is 13.3. The van der Waals surface area contributed by atoms with E-state index in [1.807, 2.05) is 24.4 Å². The fourth-order valence-electron chi connectivity index (χ4n) is 4.94. The number of anilines is 3. The molecule has 0 spiro atoms. The number of hydrogen-bond donors (Lipinski definition) is 0. The summed E-state index contributed by atoms with van der Waals surface area (Å²) in [4.78, 5) is 9.33. The van der Waals surface area contributed by atoms with Gasteiger partial charge in [0.2, 0.25) is 0 Å². The molecule has 1 aromatic heterocycles. The van der Waals surface area contributed by atoms with Gasteiger partial charge in [-0.1, -0.05) is 49.4 Å². The minimum atomic E-state index is 0.0832. The molecule has 2 heterocycles. The third-order valence-electron chi connectivity index (χ3n) is 7.12. The number of nitrogens with zero attached hydrogens (tertiary/aromatic N) is 5. The summed E-state index contributed by atoms with van der Waals surface area (Å²) in [5.74, 6) is 1.09. The molecule has 0 saturated heterocycles. The Morgan fingerprint density at radius 1 is 0.778 bits per heavy atom. The summed E-state index contributed by atoms with van der Waals surface area (Å²) in [5, 5.41) is 7.16. The quantitative estimate of drug-likeness (QED) is 0.322. The Kier molecular flexibility index (Phi) is 8.42. The van der Waals surface area contributed by atoms with Crippen molar-refractivity contribution in [2.75, 3.05) is 41.0 Å². The zero-order chi connectivity index (χ0) is 25.5. The Hall–Kier alpha value is -3.60. The highest BCUT2D eigenvalue weighted by molar-refractivity contribution is 6.05. The summed E-state index contributed by atoms with van der Waals surface area (Å²) < 4.78 is 0. The summed E-state index contributed by atoms with van der Waals surface area (Å²) in [6, 6.07) is 23.7. The van der Waals surface area contributed by atoms with Crippen molar-refractivity contribution in [3.8, 4) is 0 Å². The maximum atomic E-state index is 5.09. The Labute approximate surface area is 216 Å². The SMILES string of the molecule is CCN(CC)c1ccc(C=CC2C(C)C(c3ccc(N(CC)CC)cc3)=NN2c2ccccn2)cc1. The van der Waals surface area contributed by atoms with E-state index in [0.29, 0.717) is 0 Å². The molecule has 0 N–H and O–H groups in total. The standard InChI is InChI=1S/C31H39N5/c1-6-34(7-2)27-18-13-25(14-19-27)15-22-29-24(5)31(33-36(29)30-12-10-11-23-32-30)26-16-20-28(21-17-26)35(8-3)9-4/h10-24,29H,6-9H2,1-5H3. The van der Waals surface area contributed by atoms with Crippen LogP contribution in [-0.4, -0.2) is 42.9 Å².